The molecule has 1 saturated heterocycles. The van der Waals surface area contributed by atoms with Gasteiger partial charge in [-0.25, -0.2) is 0 Å². The minimum atomic E-state index is -2.77. The van der Waals surface area contributed by atoms with Crippen molar-refractivity contribution < 1.29 is 18.3 Å². The quantitative estimate of drug-likeness (QED) is 0.879. The van der Waals surface area contributed by atoms with E-state index in [-0.39, 0.29) is 5.75 Å². The second-order valence-corrected chi connectivity index (χ2v) is 4.29. The Bertz CT molecular complexity index is 351. The first-order valence-electron chi connectivity index (χ1n) is 6.09. The van der Waals surface area contributed by atoms with Gasteiger partial charge >= 0.3 is 6.61 Å². The van der Waals surface area contributed by atoms with Gasteiger partial charge in [-0.1, -0.05) is 12.1 Å². The van der Waals surface area contributed by atoms with Gasteiger partial charge in [0.1, 0.15) is 5.75 Å². The number of alkyl halides is 2. The Morgan fingerprint density at radius 2 is 1.89 bits per heavy atom. The zero-order valence-corrected chi connectivity index (χ0v) is 10.1. The molecule has 0 radical (unpaired) electrons. The van der Waals surface area contributed by atoms with Crippen LogP contribution in [0.5, 0.6) is 5.75 Å². The molecule has 0 bridgehead atoms. The molecule has 0 saturated carbocycles. The second-order valence-electron chi connectivity index (χ2n) is 4.29. The van der Waals surface area contributed by atoms with Crippen LogP contribution in [0.4, 0.5) is 8.78 Å². The van der Waals surface area contributed by atoms with Crippen molar-refractivity contribution in [1.82, 2.24) is 5.32 Å². The van der Waals surface area contributed by atoms with Crippen LogP contribution in [0.1, 0.15) is 18.4 Å². The lowest BCUT2D eigenvalue weighted by Gasteiger charge is -2.23. The number of nitrogens with one attached hydrogen (secondary N) is 1. The monoisotopic (exact) mass is 257 g/mol. The van der Waals surface area contributed by atoms with Crippen molar-refractivity contribution in [3.05, 3.63) is 29.8 Å². The van der Waals surface area contributed by atoms with E-state index in [1.165, 1.54) is 0 Å². The summed E-state index contributed by atoms with van der Waals surface area (Å²) in [5, 5.41) is 3.43. The first-order valence-corrected chi connectivity index (χ1v) is 6.09. The average Bonchev–Trinajstić information content (AvgIpc) is 2.38. The maximum Gasteiger partial charge on any atom is 0.387 e. The molecular formula is C13H17F2NO2. The Balaban J connectivity index is 1.78. The predicted octanol–water partition coefficient (Wildman–Crippen LogP) is 2.56. The van der Waals surface area contributed by atoms with E-state index in [1.54, 1.807) is 24.3 Å². The lowest BCUT2D eigenvalue weighted by molar-refractivity contribution is -0.0498. The lowest BCUT2D eigenvalue weighted by atomic mass is 10.1. The third-order valence-corrected chi connectivity index (χ3v) is 2.96. The molecule has 100 valence electrons. The van der Waals surface area contributed by atoms with Crippen LogP contribution in [0.2, 0.25) is 0 Å². The van der Waals surface area contributed by atoms with Crippen LogP contribution in [-0.4, -0.2) is 25.9 Å². The number of benzene rings is 1. The van der Waals surface area contributed by atoms with Crippen LogP contribution in [-0.2, 0) is 11.3 Å². The molecule has 1 N–H and O–H groups in total. The van der Waals surface area contributed by atoms with Crippen LogP contribution >= 0.6 is 0 Å². The standard InChI is InChI=1S/C13H17F2NO2/c14-13(15)18-12-3-1-10(2-4-12)9-16-11-5-7-17-8-6-11/h1-4,11,13,16H,5-9H2. The van der Waals surface area contributed by atoms with Crippen molar-refractivity contribution >= 4 is 0 Å². The summed E-state index contributed by atoms with van der Waals surface area (Å²) in [5.41, 5.74) is 1.06. The van der Waals surface area contributed by atoms with Crippen molar-refractivity contribution in [2.75, 3.05) is 13.2 Å². The Morgan fingerprint density at radius 3 is 2.50 bits per heavy atom. The summed E-state index contributed by atoms with van der Waals surface area (Å²) in [7, 11) is 0. The number of hydrogen-bond acceptors (Lipinski definition) is 3. The summed E-state index contributed by atoms with van der Waals surface area (Å²) >= 11 is 0. The van der Waals surface area contributed by atoms with Crippen molar-refractivity contribution in [3.8, 4) is 5.75 Å². The highest BCUT2D eigenvalue weighted by molar-refractivity contribution is 5.27. The molecule has 0 atom stereocenters. The van der Waals surface area contributed by atoms with Gasteiger partial charge in [0.2, 0.25) is 0 Å². The zero-order chi connectivity index (χ0) is 12.8. The molecule has 1 aliphatic heterocycles. The third kappa shape index (κ3) is 4.23. The van der Waals surface area contributed by atoms with Crippen molar-refractivity contribution in [2.45, 2.75) is 32.0 Å². The molecule has 0 aliphatic carbocycles. The molecule has 18 heavy (non-hydrogen) atoms. The fourth-order valence-corrected chi connectivity index (χ4v) is 1.95. The normalized spacial score (nSPS) is 17.1. The molecule has 0 amide bonds. The lowest BCUT2D eigenvalue weighted by Crippen LogP contribution is -2.34. The van der Waals surface area contributed by atoms with E-state index in [0.717, 1.165) is 38.2 Å². The minimum Gasteiger partial charge on any atom is -0.435 e. The highest BCUT2D eigenvalue weighted by Crippen LogP contribution is 2.15. The highest BCUT2D eigenvalue weighted by Gasteiger charge is 2.12. The Hall–Kier alpha value is -1.20. The maximum absolute atomic E-state index is 12.0. The molecule has 1 aliphatic rings. The van der Waals surface area contributed by atoms with Gasteiger partial charge in [0.15, 0.2) is 0 Å². The first kappa shape index (κ1) is 13.2. The fourth-order valence-electron chi connectivity index (χ4n) is 1.95. The summed E-state index contributed by atoms with van der Waals surface area (Å²) in [6, 6.07) is 7.20. The van der Waals surface area contributed by atoms with Crippen molar-refractivity contribution in [3.63, 3.8) is 0 Å². The second kappa shape index (κ2) is 6.66. The van der Waals surface area contributed by atoms with E-state index < -0.39 is 6.61 Å². The predicted molar refractivity (Wildman–Crippen MR) is 63.8 cm³/mol. The van der Waals surface area contributed by atoms with E-state index in [9.17, 15) is 8.78 Å². The Kier molecular flexibility index (Phi) is 4.90. The SMILES string of the molecule is FC(F)Oc1ccc(CNC2CCOCC2)cc1. The van der Waals surface area contributed by atoms with Gasteiger partial charge < -0.3 is 14.8 Å². The van der Waals surface area contributed by atoms with Gasteiger partial charge in [-0.05, 0) is 30.5 Å². The molecular weight excluding hydrogens is 240 g/mol. The van der Waals surface area contributed by atoms with Gasteiger partial charge in [0.05, 0.1) is 0 Å². The summed E-state index contributed by atoms with van der Waals surface area (Å²) in [6.45, 7) is -0.423. The molecule has 0 spiro atoms. The summed E-state index contributed by atoms with van der Waals surface area (Å²) in [4.78, 5) is 0. The van der Waals surface area contributed by atoms with E-state index in [4.69, 9.17) is 4.74 Å². The average molecular weight is 257 g/mol. The fraction of sp³-hybridized carbons (Fsp3) is 0.538. The van der Waals surface area contributed by atoms with Crippen LogP contribution in [0.25, 0.3) is 0 Å². The topological polar surface area (TPSA) is 30.5 Å². The molecule has 3 nitrogen and oxygen atoms in total. The van der Waals surface area contributed by atoms with E-state index in [1.807, 2.05) is 0 Å². The van der Waals surface area contributed by atoms with Crippen molar-refractivity contribution in [2.24, 2.45) is 0 Å². The summed E-state index contributed by atoms with van der Waals surface area (Å²) in [5.74, 6) is 0.194. The maximum atomic E-state index is 12.0. The van der Waals surface area contributed by atoms with Gasteiger partial charge in [0, 0.05) is 25.8 Å². The highest BCUT2D eigenvalue weighted by atomic mass is 19.3. The van der Waals surface area contributed by atoms with Crippen LogP contribution in [0, 0.1) is 0 Å². The van der Waals surface area contributed by atoms with E-state index in [0.29, 0.717) is 6.04 Å². The molecule has 0 aromatic heterocycles. The summed E-state index contributed by atoms with van der Waals surface area (Å²) in [6.07, 6.45) is 2.04. The van der Waals surface area contributed by atoms with E-state index in [2.05, 4.69) is 10.1 Å². The largest absolute Gasteiger partial charge is 0.435 e. The van der Waals surface area contributed by atoms with Gasteiger partial charge in [0.25, 0.3) is 0 Å². The number of rotatable bonds is 5. The molecule has 0 unspecified atom stereocenters. The van der Waals surface area contributed by atoms with Gasteiger partial charge in [-0.15, -0.1) is 0 Å². The van der Waals surface area contributed by atoms with Crippen LogP contribution in [0.15, 0.2) is 24.3 Å². The zero-order valence-electron chi connectivity index (χ0n) is 10.1. The third-order valence-electron chi connectivity index (χ3n) is 2.96. The molecule has 2 rings (SSSR count). The molecule has 1 aromatic carbocycles. The van der Waals surface area contributed by atoms with Crippen LogP contribution < -0.4 is 10.1 Å². The summed E-state index contributed by atoms with van der Waals surface area (Å²) < 4.78 is 33.5. The minimum absolute atomic E-state index is 0.194. The van der Waals surface area contributed by atoms with Gasteiger partial charge in [-0.3, -0.25) is 0 Å². The molecule has 1 heterocycles. The molecule has 1 fully saturated rings. The Labute approximate surface area is 105 Å². The first-order chi connectivity index (χ1) is 8.74. The van der Waals surface area contributed by atoms with E-state index >= 15 is 0 Å². The Morgan fingerprint density at radius 1 is 1.22 bits per heavy atom. The van der Waals surface area contributed by atoms with Gasteiger partial charge in [-0.2, -0.15) is 8.78 Å². The van der Waals surface area contributed by atoms with Crippen LogP contribution in [0.3, 0.4) is 0 Å². The smallest absolute Gasteiger partial charge is 0.387 e. The molecule has 5 heteroatoms. The number of halogens is 2. The number of hydrogen-bond donors (Lipinski definition) is 1. The van der Waals surface area contributed by atoms with Crippen molar-refractivity contribution in [1.29, 1.82) is 0 Å². The number of ether oxygens (including phenoxy) is 2. The molecule has 1 aromatic rings.